The number of aromatic nitrogens is 1. The van der Waals surface area contributed by atoms with Gasteiger partial charge in [0.15, 0.2) is 0 Å². The molecular formula is C14H17N3O3S3. The number of nitrogens with one attached hydrogen (secondary N) is 1. The summed E-state index contributed by atoms with van der Waals surface area (Å²) >= 11 is 2.70. The molecule has 1 fully saturated rings. The van der Waals surface area contributed by atoms with Gasteiger partial charge >= 0.3 is 0 Å². The molecule has 23 heavy (non-hydrogen) atoms. The van der Waals surface area contributed by atoms with Crippen LogP contribution in [0.25, 0.3) is 0 Å². The number of rotatable bonds is 5. The molecule has 9 heteroatoms. The predicted molar refractivity (Wildman–Crippen MR) is 89.9 cm³/mol. The minimum absolute atomic E-state index is 0.256. The smallest absolute Gasteiger partial charge is 0.253 e. The summed E-state index contributed by atoms with van der Waals surface area (Å²) in [5, 5.41) is 7.36. The van der Waals surface area contributed by atoms with Gasteiger partial charge in [0.1, 0.15) is 10.3 Å². The summed E-state index contributed by atoms with van der Waals surface area (Å²) in [6, 6.07) is 2.64. The molecule has 0 aromatic carbocycles. The van der Waals surface area contributed by atoms with E-state index in [1.807, 2.05) is 12.3 Å². The number of hydrogen-bond donors (Lipinski definition) is 1. The van der Waals surface area contributed by atoms with Crippen LogP contribution in [0.4, 0.5) is 0 Å². The molecule has 1 N–H and O–H groups in total. The lowest BCUT2D eigenvalue weighted by molar-refractivity contribution is -0.124. The topological polar surface area (TPSA) is 79.4 Å². The van der Waals surface area contributed by atoms with E-state index in [1.54, 1.807) is 17.5 Å². The zero-order chi connectivity index (χ0) is 16.4. The minimum Gasteiger partial charge on any atom is -0.349 e. The maximum absolute atomic E-state index is 12.6. The summed E-state index contributed by atoms with van der Waals surface area (Å²) in [4.78, 5) is 16.7. The molecule has 1 unspecified atom stereocenters. The van der Waals surface area contributed by atoms with E-state index in [0.717, 1.165) is 10.7 Å². The van der Waals surface area contributed by atoms with Crippen LogP contribution in [-0.4, -0.2) is 36.2 Å². The van der Waals surface area contributed by atoms with Crippen molar-refractivity contribution < 1.29 is 13.2 Å². The van der Waals surface area contributed by atoms with Crippen molar-refractivity contribution in [1.82, 2.24) is 14.6 Å². The van der Waals surface area contributed by atoms with Crippen molar-refractivity contribution in [1.29, 1.82) is 0 Å². The van der Waals surface area contributed by atoms with Crippen LogP contribution in [0.15, 0.2) is 27.1 Å². The first kappa shape index (κ1) is 16.6. The maximum Gasteiger partial charge on any atom is 0.253 e. The summed E-state index contributed by atoms with van der Waals surface area (Å²) in [6.45, 7) is 2.61. The van der Waals surface area contributed by atoms with Crippen molar-refractivity contribution in [3.63, 3.8) is 0 Å². The molecule has 2 aromatic heterocycles. The van der Waals surface area contributed by atoms with E-state index in [2.05, 4.69) is 10.3 Å². The van der Waals surface area contributed by atoms with Gasteiger partial charge in [0.2, 0.25) is 5.91 Å². The molecule has 1 saturated heterocycles. The van der Waals surface area contributed by atoms with E-state index in [-0.39, 0.29) is 10.1 Å². The highest BCUT2D eigenvalue weighted by Crippen LogP contribution is 2.28. The van der Waals surface area contributed by atoms with Crippen molar-refractivity contribution in [3.05, 3.63) is 33.6 Å². The largest absolute Gasteiger partial charge is 0.349 e. The van der Waals surface area contributed by atoms with Gasteiger partial charge < -0.3 is 5.32 Å². The van der Waals surface area contributed by atoms with Crippen LogP contribution < -0.4 is 5.32 Å². The highest BCUT2D eigenvalue weighted by Gasteiger charge is 2.39. The Morgan fingerprint density at radius 3 is 2.96 bits per heavy atom. The van der Waals surface area contributed by atoms with Crippen molar-refractivity contribution in [2.45, 2.75) is 36.6 Å². The highest BCUT2D eigenvalue weighted by molar-refractivity contribution is 7.91. The summed E-state index contributed by atoms with van der Waals surface area (Å²) in [6.07, 6.45) is 1.24. The summed E-state index contributed by atoms with van der Waals surface area (Å²) in [5.41, 5.74) is 0.798. The van der Waals surface area contributed by atoms with Gasteiger partial charge in [-0.05, 0) is 31.2 Å². The quantitative estimate of drug-likeness (QED) is 0.872. The number of sulfonamides is 1. The van der Waals surface area contributed by atoms with E-state index in [9.17, 15) is 13.2 Å². The zero-order valence-electron chi connectivity index (χ0n) is 12.6. The lowest BCUT2D eigenvalue weighted by Gasteiger charge is -2.22. The predicted octanol–water partition coefficient (Wildman–Crippen LogP) is 1.98. The van der Waals surface area contributed by atoms with Crippen LogP contribution in [0.1, 0.15) is 23.5 Å². The van der Waals surface area contributed by atoms with Crippen molar-refractivity contribution in [2.75, 3.05) is 6.54 Å². The highest BCUT2D eigenvalue weighted by atomic mass is 32.2. The number of carbonyl (C=O) groups is 1. The Morgan fingerprint density at radius 2 is 2.30 bits per heavy atom. The molecule has 6 nitrogen and oxygen atoms in total. The van der Waals surface area contributed by atoms with E-state index < -0.39 is 16.1 Å². The molecule has 124 valence electrons. The van der Waals surface area contributed by atoms with Gasteiger partial charge in [0, 0.05) is 11.9 Å². The molecule has 0 radical (unpaired) electrons. The third kappa shape index (κ3) is 3.47. The standard InChI is InChI=1S/C14H17N3O3S3/c1-10-16-11(9-22-10)8-15-14(18)12-4-2-6-17(12)23(19,20)13-5-3-7-21-13/h3,5,7,9,12H,2,4,6,8H2,1H3,(H,15,18). The Kier molecular flexibility index (Phi) is 4.81. The van der Waals surface area contributed by atoms with E-state index >= 15 is 0 Å². The summed E-state index contributed by atoms with van der Waals surface area (Å²) < 4.78 is 26.9. The summed E-state index contributed by atoms with van der Waals surface area (Å²) in [5.74, 6) is -0.256. The molecule has 1 amide bonds. The second-order valence-corrected chi connectivity index (χ2v) is 9.41. The van der Waals surface area contributed by atoms with Crippen molar-refractivity contribution >= 4 is 38.6 Å². The Morgan fingerprint density at radius 1 is 1.48 bits per heavy atom. The fourth-order valence-corrected chi connectivity index (χ4v) is 5.99. The Labute approximate surface area is 143 Å². The molecule has 0 spiro atoms. The molecule has 3 heterocycles. The number of aryl methyl sites for hydroxylation is 1. The summed E-state index contributed by atoms with van der Waals surface area (Å²) in [7, 11) is -3.59. The van der Waals surface area contributed by atoms with Gasteiger partial charge in [-0.25, -0.2) is 13.4 Å². The molecular weight excluding hydrogens is 354 g/mol. The third-order valence-electron chi connectivity index (χ3n) is 3.67. The van der Waals surface area contributed by atoms with Crippen LogP contribution >= 0.6 is 22.7 Å². The van der Waals surface area contributed by atoms with Crippen LogP contribution in [0.5, 0.6) is 0 Å². The van der Waals surface area contributed by atoms with Gasteiger partial charge in [0.25, 0.3) is 10.0 Å². The number of thiazole rings is 1. The molecule has 1 aliphatic rings. The first-order chi connectivity index (χ1) is 11.0. The Balaban J connectivity index is 1.70. The van der Waals surface area contributed by atoms with Crippen LogP contribution in [0.2, 0.25) is 0 Å². The number of carbonyl (C=O) groups excluding carboxylic acids is 1. The first-order valence-corrected chi connectivity index (χ1v) is 10.4. The molecule has 0 saturated carbocycles. The number of hydrogen-bond acceptors (Lipinski definition) is 6. The minimum atomic E-state index is -3.59. The zero-order valence-corrected chi connectivity index (χ0v) is 15.0. The fourth-order valence-electron chi connectivity index (χ4n) is 2.60. The molecule has 0 aliphatic carbocycles. The first-order valence-electron chi connectivity index (χ1n) is 7.22. The van der Waals surface area contributed by atoms with Gasteiger partial charge in [-0.1, -0.05) is 6.07 Å². The SMILES string of the molecule is Cc1nc(CNC(=O)C2CCCN2S(=O)(=O)c2cccs2)cs1. The van der Waals surface area contributed by atoms with Crippen molar-refractivity contribution in [3.8, 4) is 0 Å². The number of thiophene rings is 1. The van der Waals surface area contributed by atoms with Crippen LogP contribution in [0.3, 0.4) is 0 Å². The third-order valence-corrected chi connectivity index (χ3v) is 7.78. The lowest BCUT2D eigenvalue weighted by atomic mass is 10.2. The number of nitrogens with zero attached hydrogens (tertiary/aromatic N) is 2. The van der Waals surface area contributed by atoms with Gasteiger partial charge in [-0.15, -0.1) is 22.7 Å². The lowest BCUT2D eigenvalue weighted by Crippen LogP contribution is -2.45. The van der Waals surface area contributed by atoms with E-state index in [1.165, 1.54) is 27.0 Å². The van der Waals surface area contributed by atoms with E-state index in [4.69, 9.17) is 0 Å². The van der Waals surface area contributed by atoms with Gasteiger partial charge in [0.05, 0.1) is 17.2 Å². The second-order valence-electron chi connectivity index (χ2n) is 5.28. The fraction of sp³-hybridized carbons (Fsp3) is 0.429. The van der Waals surface area contributed by atoms with Gasteiger partial charge in [-0.3, -0.25) is 4.79 Å². The van der Waals surface area contributed by atoms with Crippen LogP contribution in [0, 0.1) is 6.92 Å². The molecule has 2 aromatic rings. The molecule has 1 aliphatic heterocycles. The Bertz CT molecular complexity index is 783. The number of amides is 1. The average molecular weight is 372 g/mol. The van der Waals surface area contributed by atoms with Crippen LogP contribution in [-0.2, 0) is 21.4 Å². The van der Waals surface area contributed by atoms with Gasteiger partial charge in [-0.2, -0.15) is 4.31 Å². The molecule has 0 bridgehead atoms. The maximum atomic E-state index is 12.6. The van der Waals surface area contributed by atoms with E-state index in [0.29, 0.717) is 25.9 Å². The molecule has 1 atom stereocenters. The average Bonchev–Trinajstić information content (AvgIpc) is 3.25. The Hall–Kier alpha value is -1.29. The normalized spacial score (nSPS) is 19.1. The van der Waals surface area contributed by atoms with Crippen molar-refractivity contribution in [2.24, 2.45) is 0 Å². The second kappa shape index (κ2) is 6.68. The molecule has 3 rings (SSSR count). The monoisotopic (exact) mass is 371 g/mol.